The number of aromatic amines is 1. The van der Waals surface area contributed by atoms with Crippen LogP contribution in [0, 0.1) is 0 Å². The first kappa shape index (κ1) is 16.8. The van der Waals surface area contributed by atoms with Crippen LogP contribution >= 0.6 is 23.2 Å². The molecular formula is C15H16Cl2N6O. The van der Waals surface area contributed by atoms with Gasteiger partial charge in [0.15, 0.2) is 5.65 Å². The van der Waals surface area contributed by atoms with E-state index in [4.69, 9.17) is 28.9 Å². The number of benzene rings is 1. The van der Waals surface area contributed by atoms with Crippen molar-refractivity contribution in [1.82, 2.24) is 19.5 Å². The zero-order valence-electron chi connectivity index (χ0n) is 12.7. The van der Waals surface area contributed by atoms with Crippen LogP contribution in [-0.2, 0) is 6.54 Å². The third kappa shape index (κ3) is 3.53. The highest BCUT2D eigenvalue weighted by Gasteiger charge is 2.12. The standard InChI is InChI=1S/C15H16Cl2N6O/c16-10-3-2-9(11(17)6-10)8-23-13-12(21-15(23)24)7-20-14(22-13)19-5-1-4-18/h2-3,6-7H,1,4-5,8,18H2,(H,21,24)(H,19,20,22). The van der Waals surface area contributed by atoms with Crippen molar-refractivity contribution in [2.45, 2.75) is 13.0 Å². The van der Waals surface area contributed by atoms with Gasteiger partial charge in [-0.25, -0.2) is 9.78 Å². The van der Waals surface area contributed by atoms with Crippen LogP contribution in [0.2, 0.25) is 10.0 Å². The molecule has 0 unspecified atom stereocenters. The molecule has 2 aromatic heterocycles. The number of fused-ring (bicyclic) bond motifs is 1. The lowest BCUT2D eigenvalue weighted by atomic mass is 10.2. The summed E-state index contributed by atoms with van der Waals surface area (Å²) in [7, 11) is 0. The van der Waals surface area contributed by atoms with E-state index in [0.29, 0.717) is 40.2 Å². The summed E-state index contributed by atoms with van der Waals surface area (Å²) in [6.07, 6.45) is 2.39. The molecule has 1 aromatic carbocycles. The Balaban J connectivity index is 1.95. The van der Waals surface area contributed by atoms with Crippen LogP contribution in [0.15, 0.2) is 29.2 Å². The minimum atomic E-state index is -0.274. The van der Waals surface area contributed by atoms with Gasteiger partial charge in [-0.2, -0.15) is 4.98 Å². The van der Waals surface area contributed by atoms with Crippen LogP contribution in [0.5, 0.6) is 0 Å². The van der Waals surface area contributed by atoms with E-state index in [2.05, 4.69) is 20.3 Å². The summed E-state index contributed by atoms with van der Waals surface area (Å²) in [6, 6.07) is 5.17. The molecule has 3 aromatic rings. The largest absolute Gasteiger partial charge is 0.354 e. The minimum Gasteiger partial charge on any atom is -0.354 e. The number of aromatic nitrogens is 4. The number of nitrogens with one attached hydrogen (secondary N) is 2. The van der Waals surface area contributed by atoms with Gasteiger partial charge >= 0.3 is 5.69 Å². The summed E-state index contributed by atoms with van der Waals surface area (Å²) in [6.45, 7) is 1.53. The molecule has 4 N–H and O–H groups in total. The average Bonchev–Trinajstić information content (AvgIpc) is 2.85. The molecule has 0 aliphatic heterocycles. The molecule has 3 rings (SSSR count). The summed E-state index contributed by atoms with van der Waals surface area (Å²) >= 11 is 12.1. The lowest BCUT2D eigenvalue weighted by Gasteiger charge is -2.07. The van der Waals surface area contributed by atoms with Crippen molar-refractivity contribution in [2.75, 3.05) is 18.4 Å². The number of halogens is 2. The first-order valence-electron chi connectivity index (χ1n) is 7.42. The molecule has 7 nitrogen and oxygen atoms in total. The third-order valence-electron chi connectivity index (χ3n) is 3.52. The number of hydrogen-bond acceptors (Lipinski definition) is 5. The molecule has 24 heavy (non-hydrogen) atoms. The second-order valence-electron chi connectivity index (χ2n) is 5.25. The lowest BCUT2D eigenvalue weighted by Crippen LogP contribution is -2.18. The Morgan fingerprint density at radius 2 is 2.17 bits per heavy atom. The van der Waals surface area contributed by atoms with Gasteiger partial charge < -0.3 is 16.0 Å². The zero-order chi connectivity index (χ0) is 17.1. The van der Waals surface area contributed by atoms with Crippen LogP contribution in [0.25, 0.3) is 11.2 Å². The van der Waals surface area contributed by atoms with Crippen molar-refractivity contribution in [3.8, 4) is 0 Å². The van der Waals surface area contributed by atoms with Crippen molar-refractivity contribution >= 4 is 40.3 Å². The summed E-state index contributed by atoms with van der Waals surface area (Å²) < 4.78 is 1.51. The van der Waals surface area contributed by atoms with Crippen LogP contribution in [0.4, 0.5) is 5.95 Å². The van der Waals surface area contributed by atoms with Crippen molar-refractivity contribution in [3.63, 3.8) is 0 Å². The van der Waals surface area contributed by atoms with Crippen molar-refractivity contribution in [3.05, 3.63) is 50.5 Å². The predicted molar refractivity (Wildman–Crippen MR) is 95.9 cm³/mol. The number of nitrogens with zero attached hydrogens (tertiary/aromatic N) is 3. The first-order chi connectivity index (χ1) is 11.6. The van der Waals surface area contributed by atoms with Gasteiger partial charge in [0.1, 0.15) is 5.52 Å². The number of anilines is 1. The number of hydrogen-bond donors (Lipinski definition) is 3. The fraction of sp³-hybridized carbons (Fsp3) is 0.267. The molecule has 0 bridgehead atoms. The molecule has 0 spiro atoms. The molecule has 126 valence electrons. The monoisotopic (exact) mass is 366 g/mol. The van der Waals surface area contributed by atoms with Gasteiger partial charge in [0, 0.05) is 16.6 Å². The van der Waals surface area contributed by atoms with Crippen LogP contribution in [-0.4, -0.2) is 32.6 Å². The molecule has 0 aliphatic rings. The zero-order valence-corrected chi connectivity index (χ0v) is 14.2. The minimum absolute atomic E-state index is 0.274. The third-order valence-corrected chi connectivity index (χ3v) is 4.11. The Morgan fingerprint density at radius 3 is 2.92 bits per heavy atom. The highest BCUT2D eigenvalue weighted by molar-refractivity contribution is 6.35. The highest BCUT2D eigenvalue weighted by Crippen LogP contribution is 2.22. The van der Waals surface area contributed by atoms with E-state index in [-0.39, 0.29) is 12.2 Å². The highest BCUT2D eigenvalue weighted by atomic mass is 35.5. The fourth-order valence-electron chi connectivity index (χ4n) is 2.30. The fourth-order valence-corrected chi connectivity index (χ4v) is 2.77. The normalized spacial score (nSPS) is 11.1. The van der Waals surface area contributed by atoms with E-state index < -0.39 is 0 Å². The van der Waals surface area contributed by atoms with Gasteiger partial charge in [-0.05, 0) is 30.7 Å². The SMILES string of the molecule is NCCCNc1ncc2[nH]c(=O)n(Cc3ccc(Cl)cc3Cl)c2n1. The quantitative estimate of drug-likeness (QED) is 0.580. The second kappa shape index (κ2) is 7.21. The van der Waals surface area contributed by atoms with Gasteiger partial charge in [-0.3, -0.25) is 4.57 Å². The molecule has 0 saturated carbocycles. The van der Waals surface area contributed by atoms with Gasteiger partial charge in [0.05, 0.1) is 12.7 Å². The van der Waals surface area contributed by atoms with Crippen LogP contribution in [0.3, 0.4) is 0 Å². The Labute approximate surface area is 147 Å². The summed E-state index contributed by atoms with van der Waals surface area (Å²) in [5.41, 5.74) is 7.05. The second-order valence-corrected chi connectivity index (χ2v) is 6.10. The Kier molecular flexibility index (Phi) is 5.03. The van der Waals surface area contributed by atoms with E-state index >= 15 is 0 Å². The van der Waals surface area contributed by atoms with Gasteiger partial charge in [-0.1, -0.05) is 29.3 Å². The average molecular weight is 367 g/mol. The molecular weight excluding hydrogens is 351 g/mol. The van der Waals surface area contributed by atoms with Crippen LogP contribution in [0.1, 0.15) is 12.0 Å². The number of H-pyrrole nitrogens is 1. The molecule has 0 atom stereocenters. The maximum Gasteiger partial charge on any atom is 0.328 e. The summed E-state index contributed by atoms with van der Waals surface area (Å²) in [5, 5.41) is 4.13. The van der Waals surface area contributed by atoms with E-state index in [9.17, 15) is 4.79 Å². The molecule has 2 heterocycles. The van der Waals surface area contributed by atoms with E-state index in [1.807, 2.05) is 0 Å². The van der Waals surface area contributed by atoms with Crippen LogP contribution < -0.4 is 16.7 Å². The Bertz CT molecular complexity index is 920. The van der Waals surface area contributed by atoms with E-state index in [1.54, 1.807) is 24.4 Å². The first-order valence-corrected chi connectivity index (χ1v) is 8.17. The Hall–Kier alpha value is -2.09. The number of rotatable bonds is 6. The van der Waals surface area contributed by atoms with Gasteiger partial charge in [0.25, 0.3) is 0 Å². The lowest BCUT2D eigenvalue weighted by molar-refractivity contribution is 0.777. The molecule has 0 radical (unpaired) electrons. The smallest absolute Gasteiger partial charge is 0.328 e. The molecule has 0 amide bonds. The molecule has 9 heteroatoms. The number of imidazole rings is 1. The molecule has 0 aliphatic carbocycles. The topological polar surface area (TPSA) is 102 Å². The molecule has 0 fully saturated rings. The maximum atomic E-state index is 12.2. The maximum absolute atomic E-state index is 12.2. The van der Waals surface area contributed by atoms with E-state index in [1.165, 1.54) is 4.57 Å². The number of nitrogens with two attached hydrogens (primary N) is 1. The van der Waals surface area contributed by atoms with Crippen molar-refractivity contribution in [1.29, 1.82) is 0 Å². The van der Waals surface area contributed by atoms with Gasteiger partial charge in [0.2, 0.25) is 5.95 Å². The Morgan fingerprint density at radius 1 is 1.33 bits per heavy atom. The van der Waals surface area contributed by atoms with Crippen molar-refractivity contribution < 1.29 is 0 Å². The van der Waals surface area contributed by atoms with E-state index in [0.717, 1.165) is 12.0 Å². The van der Waals surface area contributed by atoms with Gasteiger partial charge in [-0.15, -0.1) is 0 Å². The summed E-state index contributed by atoms with van der Waals surface area (Å²) in [5.74, 6) is 0.450. The predicted octanol–water partition coefficient (Wildman–Crippen LogP) is 2.24. The summed E-state index contributed by atoms with van der Waals surface area (Å²) in [4.78, 5) is 23.6. The molecule has 0 saturated heterocycles. The van der Waals surface area contributed by atoms with Crippen molar-refractivity contribution in [2.24, 2.45) is 5.73 Å².